The van der Waals surface area contributed by atoms with Crippen LogP contribution in [-0.2, 0) is 9.59 Å². The number of para-hydroxylation sites is 1. The molecule has 4 rings (SSSR count). The third-order valence-electron chi connectivity index (χ3n) is 5.73. The van der Waals surface area contributed by atoms with Crippen molar-refractivity contribution in [2.75, 3.05) is 5.32 Å². The number of amides is 1. The van der Waals surface area contributed by atoms with Crippen LogP contribution in [0.25, 0.3) is 0 Å². The van der Waals surface area contributed by atoms with E-state index in [0.717, 1.165) is 23.4 Å². The maximum atomic E-state index is 14.0. The Morgan fingerprint density at radius 1 is 1.10 bits per heavy atom. The molecule has 0 saturated carbocycles. The zero-order chi connectivity index (χ0) is 20.5. The van der Waals surface area contributed by atoms with E-state index in [0.29, 0.717) is 29.7 Å². The molecule has 1 N–H and O–H groups in total. The van der Waals surface area contributed by atoms with Crippen molar-refractivity contribution < 1.29 is 14.0 Å². The predicted octanol–water partition coefficient (Wildman–Crippen LogP) is 4.95. The van der Waals surface area contributed by atoms with Crippen molar-refractivity contribution in [3.63, 3.8) is 0 Å². The van der Waals surface area contributed by atoms with Crippen LogP contribution in [0.4, 0.5) is 10.1 Å². The first-order valence-corrected chi connectivity index (χ1v) is 9.89. The maximum absolute atomic E-state index is 14.0. The van der Waals surface area contributed by atoms with Crippen LogP contribution < -0.4 is 5.32 Å². The minimum absolute atomic E-state index is 0.00505. The zero-order valence-electron chi connectivity index (χ0n) is 16.5. The van der Waals surface area contributed by atoms with Crippen molar-refractivity contribution in [2.24, 2.45) is 10.9 Å². The number of aliphatic imine (C=N–C) groups is 1. The van der Waals surface area contributed by atoms with Gasteiger partial charge in [0.15, 0.2) is 5.78 Å². The predicted molar refractivity (Wildman–Crippen MR) is 111 cm³/mol. The van der Waals surface area contributed by atoms with Crippen molar-refractivity contribution in [3.05, 3.63) is 76.7 Å². The third-order valence-corrected chi connectivity index (χ3v) is 5.73. The molecule has 0 bridgehead atoms. The molecule has 148 valence electrons. The van der Waals surface area contributed by atoms with E-state index in [-0.39, 0.29) is 17.5 Å². The molecule has 4 nitrogen and oxygen atoms in total. The normalized spacial score (nSPS) is 21.5. The summed E-state index contributed by atoms with van der Waals surface area (Å²) in [6.45, 7) is 3.74. The maximum Gasteiger partial charge on any atom is 0.234 e. The highest BCUT2D eigenvalue weighted by Crippen LogP contribution is 2.43. The van der Waals surface area contributed by atoms with Crippen molar-refractivity contribution in [1.82, 2.24) is 0 Å². The van der Waals surface area contributed by atoms with Crippen molar-refractivity contribution in [1.29, 1.82) is 0 Å². The van der Waals surface area contributed by atoms with E-state index in [1.807, 2.05) is 38.1 Å². The Balaban J connectivity index is 1.79. The van der Waals surface area contributed by atoms with E-state index in [2.05, 4.69) is 10.3 Å². The molecule has 0 fully saturated rings. The van der Waals surface area contributed by atoms with E-state index in [1.54, 1.807) is 12.1 Å². The number of hydrogen-bond donors (Lipinski definition) is 1. The number of allylic oxidation sites excluding steroid dienone is 2. The van der Waals surface area contributed by atoms with Gasteiger partial charge in [-0.3, -0.25) is 14.6 Å². The molecule has 0 aromatic heterocycles. The Kier molecular flexibility index (Phi) is 5.14. The van der Waals surface area contributed by atoms with Crippen molar-refractivity contribution in [2.45, 2.75) is 39.0 Å². The lowest BCUT2D eigenvalue weighted by Gasteiger charge is -2.35. The van der Waals surface area contributed by atoms with E-state index in [4.69, 9.17) is 0 Å². The fraction of sp³-hybridized carbons (Fsp3) is 0.292. The van der Waals surface area contributed by atoms with Gasteiger partial charge < -0.3 is 5.32 Å². The molecule has 1 aliphatic heterocycles. The largest absolute Gasteiger partial charge is 0.325 e. The van der Waals surface area contributed by atoms with Crippen LogP contribution in [0.3, 0.4) is 0 Å². The van der Waals surface area contributed by atoms with E-state index in [9.17, 15) is 14.0 Å². The number of nitrogens with zero attached hydrogens (tertiary/aromatic N) is 1. The number of Topliss-reactive ketones (excluding diaryl/α,β-unsaturated/α-hetero) is 1. The molecule has 1 aliphatic carbocycles. The van der Waals surface area contributed by atoms with Gasteiger partial charge >= 0.3 is 0 Å². The summed E-state index contributed by atoms with van der Waals surface area (Å²) in [6, 6.07) is 13.7. The third kappa shape index (κ3) is 3.65. The minimum Gasteiger partial charge on any atom is -0.325 e. The van der Waals surface area contributed by atoms with Gasteiger partial charge in [0.2, 0.25) is 5.91 Å². The van der Waals surface area contributed by atoms with Gasteiger partial charge in [0.1, 0.15) is 5.82 Å². The Morgan fingerprint density at radius 3 is 2.66 bits per heavy atom. The van der Waals surface area contributed by atoms with Gasteiger partial charge in [0, 0.05) is 35.0 Å². The number of carbonyl (C=O) groups is 2. The molecule has 1 unspecified atom stereocenters. The van der Waals surface area contributed by atoms with Gasteiger partial charge in [0.25, 0.3) is 0 Å². The number of anilines is 1. The molecule has 2 aliphatic rings. The number of halogens is 1. The summed E-state index contributed by atoms with van der Waals surface area (Å²) >= 11 is 0. The van der Waals surface area contributed by atoms with Gasteiger partial charge in [0.05, 0.1) is 5.92 Å². The molecular weight excluding hydrogens is 367 g/mol. The van der Waals surface area contributed by atoms with E-state index < -0.39 is 11.8 Å². The second-order valence-electron chi connectivity index (χ2n) is 7.70. The van der Waals surface area contributed by atoms with E-state index in [1.165, 1.54) is 12.1 Å². The van der Waals surface area contributed by atoms with Crippen molar-refractivity contribution >= 4 is 23.1 Å². The average Bonchev–Trinajstić information content (AvgIpc) is 2.69. The summed E-state index contributed by atoms with van der Waals surface area (Å²) in [6.07, 6.45) is 1.89. The van der Waals surface area contributed by atoms with Crippen LogP contribution in [0.5, 0.6) is 0 Å². The highest BCUT2D eigenvalue weighted by molar-refractivity contribution is 6.13. The fourth-order valence-corrected chi connectivity index (χ4v) is 4.33. The molecule has 5 heteroatoms. The minimum atomic E-state index is -0.669. The first-order chi connectivity index (χ1) is 14.0. The summed E-state index contributed by atoms with van der Waals surface area (Å²) in [5, 5.41) is 2.99. The average molecular weight is 390 g/mol. The Morgan fingerprint density at radius 2 is 1.90 bits per heavy atom. The molecular formula is C24H23FN2O2. The highest BCUT2D eigenvalue weighted by Gasteiger charge is 2.42. The molecule has 0 saturated heterocycles. The second kappa shape index (κ2) is 7.74. The lowest BCUT2D eigenvalue weighted by molar-refractivity contribution is -0.119. The molecule has 0 spiro atoms. The van der Waals surface area contributed by atoms with Gasteiger partial charge in [-0.1, -0.05) is 30.3 Å². The fourth-order valence-electron chi connectivity index (χ4n) is 4.33. The van der Waals surface area contributed by atoms with Crippen LogP contribution >= 0.6 is 0 Å². The van der Waals surface area contributed by atoms with Gasteiger partial charge in [-0.15, -0.1) is 0 Å². The molecule has 29 heavy (non-hydrogen) atoms. The lowest BCUT2D eigenvalue weighted by atomic mass is 9.71. The number of carbonyl (C=O) groups excluding carboxylic acids is 2. The molecule has 1 heterocycles. The standard InChI is InChI=1S/C24H23FN2O2/c1-14-7-3-4-10-18(14)27-24(29)21-15(2)26-19-11-6-12-20(28)23(19)22(21)16-8-5-9-17(25)13-16/h3-5,7-10,13,21-22H,6,11-12H2,1-2H3,(H,27,29)/t21?,22-/m0/s1. The monoisotopic (exact) mass is 390 g/mol. The zero-order valence-corrected chi connectivity index (χ0v) is 16.5. The Hall–Kier alpha value is -3.08. The van der Waals surface area contributed by atoms with Crippen molar-refractivity contribution in [3.8, 4) is 0 Å². The smallest absolute Gasteiger partial charge is 0.234 e. The van der Waals surface area contributed by atoms with Crippen LogP contribution in [-0.4, -0.2) is 17.4 Å². The van der Waals surface area contributed by atoms with E-state index >= 15 is 0 Å². The summed E-state index contributed by atoms with van der Waals surface area (Å²) in [5.41, 5.74) is 4.26. The summed E-state index contributed by atoms with van der Waals surface area (Å²) in [7, 11) is 0. The molecule has 2 aromatic rings. The van der Waals surface area contributed by atoms with Crippen LogP contribution in [0, 0.1) is 18.7 Å². The van der Waals surface area contributed by atoms with Gasteiger partial charge in [-0.25, -0.2) is 4.39 Å². The first kappa shape index (κ1) is 19.2. The highest BCUT2D eigenvalue weighted by atomic mass is 19.1. The van der Waals surface area contributed by atoms with Crippen LogP contribution in [0.1, 0.15) is 43.2 Å². The summed E-state index contributed by atoms with van der Waals surface area (Å²) in [5.74, 6) is -1.82. The SMILES string of the molecule is CC1=NC2=C(C(=O)CCC2)[C@@H](c2cccc(F)c2)C1C(=O)Nc1ccccc1C. The molecule has 2 atom stereocenters. The first-order valence-electron chi connectivity index (χ1n) is 9.89. The van der Waals surface area contributed by atoms with Gasteiger partial charge in [-0.05, 0) is 56.0 Å². The number of benzene rings is 2. The quantitative estimate of drug-likeness (QED) is 0.806. The number of rotatable bonds is 3. The number of aryl methyl sites for hydroxylation is 1. The number of nitrogens with one attached hydrogen (secondary N) is 1. The summed E-state index contributed by atoms with van der Waals surface area (Å²) in [4.78, 5) is 30.8. The Labute approximate surface area is 169 Å². The van der Waals surface area contributed by atoms with Crippen LogP contribution in [0.15, 0.2) is 64.8 Å². The molecule has 0 radical (unpaired) electrons. The second-order valence-corrected chi connectivity index (χ2v) is 7.70. The molecule has 1 amide bonds. The van der Waals surface area contributed by atoms with Crippen LogP contribution in [0.2, 0.25) is 0 Å². The topological polar surface area (TPSA) is 58.5 Å². The summed E-state index contributed by atoms with van der Waals surface area (Å²) < 4.78 is 14.0. The lowest BCUT2D eigenvalue weighted by Crippen LogP contribution is -2.39. The number of hydrogen-bond acceptors (Lipinski definition) is 3. The van der Waals surface area contributed by atoms with Gasteiger partial charge in [-0.2, -0.15) is 0 Å². The molecule has 2 aromatic carbocycles. The number of ketones is 1. The Bertz CT molecular complexity index is 1050.